The number of nitrogens with zero attached hydrogens (tertiary/aromatic N) is 2. The molecule has 0 aliphatic rings. The fourth-order valence-corrected chi connectivity index (χ4v) is 0.529. The van der Waals surface area contributed by atoms with Crippen LogP contribution in [0.3, 0.4) is 0 Å². The van der Waals surface area contributed by atoms with Crippen LogP contribution < -0.4 is 0 Å². The molecule has 0 aromatic carbocycles. The first-order valence-corrected chi connectivity index (χ1v) is 3.28. The highest BCUT2D eigenvalue weighted by molar-refractivity contribution is 5.04. The molecule has 2 heteroatoms. The lowest BCUT2D eigenvalue weighted by atomic mass is 10.2. The van der Waals surface area contributed by atoms with Gasteiger partial charge in [-0.15, -0.1) is 0 Å². The Morgan fingerprint density at radius 2 is 2.30 bits per heavy atom. The molecule has 52 valence electrons. The zero-order chi connectivity index (χ0) is 7.40. The minimum absolute atomic E-state index is 0.419. The minimum atomic E-state index is 0.419. The molecule has 0 aliphatic heterocycles. The lowest BCUT2D eigenvalue weighted by molar-refractivity contribution is 0.862. The molecule has 0 spiro atoms. The molecule has 0 amide bonds. The fourth-order valence-electron chi connectivity index (χ4n) is 0.529. The van der Waals surface area contributed by atoms with Crippen molar-refractivity contribution in [1.82, 2.24) is 9.55 Å². The Kier molecular flexibility index (Phi) is 2.11. The summed E-state index contributed by atoms with van der Waals surface area (Å²) in [7, 11) is 0. The van der Waals surface area contributed by atoms with Crippen molar-refractivity contribution in [2.75, 3.05) is 0 Å². The Hall–Kier alpha value is -1.23. The molecule has 0 bridgehead atoms. The smallest absolute Gasteiger partial charge is 0.106 e. The van der Waals surface area contributed by atoms with Crippen LogP contribution in [0.1, 0.15) is 13.8 Å². The van der Waals surface area contributed by atoms with E-state index in [1.807, 2.05) is 6.20 Å². The lowest BCUT2D eigenvalue weighted by Crippen LogP contribution is -1.84. The van der Waals surface area contributed by atoms with Gasteiger partial charge in [-0.25, -0.2) is 4.98 Å². The molecule has 1 rings (SSSR count). The van der Waals surface area contributed by atoms with Gasteiger partial charge >= 0.3 is 0 Å². The highest BCUT2D eigenvalue weighted by Gasteiger charge is 1.82. The summed E-state index contributed by atoms with van der Waals surface area (Å²) in [5.74, 6) is 3.44. The van der Waals surface area contributed by atoms with Gasteiger partial charge in [-0.2, -0.15) is 0 Å². The molecule has 0 saturated carbocycles. The van der Waals surface area contributed by atoms with E-state index in [0.29, 0.717) is 5.92 Å². The first kappa shape index (κ1) is 6.88. The Morgan fingerprint density at radius 1 is 1.50 bits per heavy atom. The number of hydrogen-bond acceptors (Lipinski definition) is 1. The van der Waals surface area contributed by atoms with E-state index < -0.39 is 0 Å². The van der Waals surface area contributed by atoms with E-state index in [1.54, 1.807) is 17.1 Å². The first-order chi connectivity index (χ1) is 4.79. The topological polar surface area (TPSA) is 17.8 Å². The van der Waals surface area contributed by atoms with Crippen molar-refractivity contribution in [3.8, 4) is 12.0 Å². The van der Waals surface area contributed by atoms with E-state index in [0.717, 1.165) is 0 Å². The summed E-state index contributed by atoms with van der Waals surface area (Å²) in [5, 5.41) is 0. The predicted molar refractivity (Wildman–Crippen MR) is 40.2 cm³/mol. The normalized spacial score (nSPS) is 9.10. The van der Waals surface area contributed by atoms with Crippen molar-refractivity contribution in [1.29, 1.82) is 0 Å². The van der Waals surface area contributed by atoms with Gasteiger partial charge in [0.1, 0.15) is 6.33 Å². The zero-order valence-corrected chi connectivity index (χ0v) is 6.20. The molecular formula is C8H10N2. The number of aromatic nitrogens is 2. The van der Waals surface area contributed by atoms with Crippen molar-refractivity contribution < 1.29 is 0 Å². The summed E-state index contributed by atoms with van der Waals surface area (Å²) in [6.45, 7) is 4.12. The Balaban J connectivity index is 2.66. The van der Waals surface area contributed by atoms with Crippen molar-refractivity contribution in [3.63, 3.8) is 0 Å². The Morgan fingerprint density at radius 3 is 2.80 bits per heavy atom. The summed E-state index contributed by atoms with van der Waals surface area (Å²) < 4.78 is 1.75. The van der Waals surface area contributed by atoms with Crippen LogP contribution in [-0.2, 0) is 0 Å². The quantitative estimate of drug-likeness (QED) is 0.490. The van der Waals surface area contributed by atoms with Gasteiger partial charge in [0.15, 0.2) is 0 Å². The molecular weight excluding hydrogens is 124 g/mol. The molecule has 1 aromatic heterocycles. The van der Waals surface area contributed by atoms with Gasteiger partial charge in [-0.05, 0) is 0 Å². The van der Waals surface area contributed by atoms with Gasteiger partial charge in [0.05, 0.1) is 0 Å². The minimum Gasteiger partial charge on any atom is -0.265 e. The highest BCUT2D eigenvalue weighted by atomic mass is 15.0. The maximum Gasteiger partial charge on any atom is 0.106 e. The predicted octanol–water partition coefficient (Wildman–Crippen LogP) is 1.35. The van der Waals surface area contributed by atoms with Crippen LogP contribution in [0, 0.1) is 17.9 Å². The largest absolute Gasteiger partial charge is 0.265 e. The van der Waals surface area contributed by atoms with Crippen LogP contribution in [-0.4, -0.2) is 9.55 Å². The molecule has 0 aliphatic carbocycles. The van der Waals surface area contributed by atoms with Crippen molar-refractivity contribution in [3.05, 3.63) is 18.7 Å². The summed E-state index contributed by atoms with van der Waals surface area (Å²) in [6.07, 6.45) is 5.24. The van der Waals surface area contributed by atoms with Gasteiger partial charge in [0.2, 0.25) is 0 Å². The van der Waals surface area contributed by atoms with Crippen LogP contribution in [0.5, 0.6) is 0 Å². The van der Waals surface area contributed by atoms with Gasteiger partial charge in [0.25, 0.3) is 0 Å². The molecule has 10 heavy (non-hydrogen) atoms. The van der Waals surface area contributed by atoms with E-state index in [1.165, 1.54) is 0 Å². The van der Waals surface area contributed by atoms with Crippen LogP contribution >= 0.6 is 0 Å². The average Bonchev–Trinajstić information content (AvgIpc) is 2.34. The third kappa shape index (κ3) is 1.94. The summed E-state index contributed by atoms with van der Waals surface area (Å²) in [4.78, 5) is 3.86. The molecule has 1 aromatic rings. The van der Waals surface area contributed by atoms with Crippen molar-refractivity contribution in [2.24, 2.45) is 5.92 Å². The van der Waals surface area contributed by atoms with Gasteiger partial charge in [-0.1, -0.05) is 19.8 Å². The Bertz CT molecular complexity index is 236. The summed E-state index contributed by atoms with van der Waals surface area (Å²) >= 11 is 0. The number of imidazole rings is 1. The standard InChI is InChI=1S/C8H10N2/c1-8(2)3-5-10-6-4-9-7-10/h4,6-8H,1-2H3. The van der Waals surface area contributed by atoms with Crippen LogP contribution in [0.25, 0.3) is 0 Å². The number of rotatable bonds is 0. The SMILES string of the molecule is CC(C)C#Cn1ccnc1. The van der Waals surface area contributed by atoms with Gasteiger partial charge in [-0.3, -0.25) is 4.57 Å². The summed E-state index contributed by atoms with van der Waals surface area (Å²) in [6, 6.07) is 2.93. The molecule has 0 fully saturated rings. The van der Waals surface area contributed by atoms with E-state index in [4.69, 9.17) is 0 Å². The first-order valence-electron chi connectivity index (χ1n) is 3.28. The van der Waals surface area contributed by atoms with Crippen LogP contribution in [0.4, 0.5) is 0 Å². The second kappa shape index (κ2) is 3.07. The van der Waals surface area contributed by atoms with E-state index in [9.17, 15) is 0 Å². The molecule has 0 unspecified atom stereocenters. The second-order valence-corrected chi connectivity index (χ2v) is 2.38. The zero-order valence-electron chi connectivity index (χ0n) is 6.20. The van der Waals surface area contributed by atoms with Crippen molar-refractivity contribution >= 4 is 0 Å². The van der Waals surface area contributed by atoms with Gasteiger partial charge in [0, 0.05) is 24.4 Å². The molecule has 2 nitrogen and oxygen atoms in total. The molecule has 0 atom stereocenters. The van der Waals surface area contributed by atoms with Crippen molar-refractivity contribution in [2.45, 2.75) is 13.8 Å². The number of hydrogen-bond donors (Lipinski definition) is 0. The van der Waals surface area contributed by atoms with E-state index in [-0.39, 0.29) is 0 Å². The van der Waals surface area contributed by atoms with Gasteiger partial charge < -0.3 is 0 Å². The fraction of sp³-hybridized carbons (Fsp3) is 0.375. The molecule has 1 heterocycles. The van der Waals surface area contributed by atoms with Crippen LogP contribution in [0.2, 0.25) is 0 Å². The molecule has 0 N–H and O–H groups in total. The average molecular weight is 134 g/mol. The second-order valence-electron chi connectivity index (χ2n) is 2.38. The van der Waals surface area contributed by atoms with E-state index >= 15 is 0 Å². The molecule has 0 saturated heterocycles. The lowest BCUT2D eigenvalue weighted by Gasteiger charge is -1.87. The Labute approximate surface area is 60.9 Å². The summed E-state index contributed by atoms with van der Waals surface area (Å²) in [5.41, 5.74) is 0. The van der Waals surface area contributed by atoms with Crippen LogP contribution in [0.15, 0.2) is 18.7 Å². The third-order valence-corrected chi connectivity index (χ3v) is 0.987. The third-order valence-electron chi connectivity index (χ3n) is 0.987. The monoisotopic (exact) mass is 134 g/mol. The maximum atomic E-state index is 3.86. The maximum absolute atomic E-state index is 3.86. The highest BCUT2D eigenvalue weighted by Crippen LogP contribution is 1.86. The van der Waals surface area contributed by atoms with E-state index in [2.05, 4.69) is 30.8 Å². The molecule has 0 radical (unpaired) electrons.